The first-order chi connectivity index (χ1) is 26.9. The van der Waals surface area contributed by atoms with Crippen LogP contribution < -0.4 is 0 Å². The van der Waals surface area contributed by atoms with Crippen LogP contribution in [0.15, 0.2) is 34.1 Å². The second kappa shape index (κ2) is 28.5. The molecule has 0 atom stereocenters. The molecule has 0 N–H and O–H groups in total. The van der Waals surface area contributed by atoms with E-state index < -0.39 is 0 Å². The van der Waals surface area contributed by atoms with Gasteiger partial charge in [0.15, 0.2) is 0 Å². The molecule has 0 fully saturated rings. The summed E-state index contributed by atoms with van der Waals surface area (Å²) in [5.74, 6) is -0.160. The largest absolute Gasteiger partial charge is 0.339 e. The molecule has 0 aromatic heterocycles. The number of carbonyl (C=O) groups is 2. The molecule has 14 heteroatoms. The highest BCUT2D eigenvalue weighted by atomic mass is 35.5. The molecule has 0 aliphatic heterocycles. The van der Waals surface area contributed by atoms with E-state index in [2.05, 4.69) is 75.0 Å². The molecule has 56 heavy (non-hydrogen) atoms. The highest BCUT2D eigenvalue weighted by Crippen LogP contribution is 2.45. The first kappa shape index (κ1) is 51.2. The standard InChI is InChI=1S/C42H68Cl4N6O2S2/c1-9-47(10-2)21-17-25-51(26-18-22-48(11-3)12-4)41(53)33-29-35(43)37(45)31-39(33)55-56-40-32-38(46)36(44)30-34(40)42(54)52(27-19-23-49(13-5)14-6)28-20-24-50(15-7)16-8/h29-32H,9-28H2,1-8H3. The summed E-state index contributed by atoms with van der Waals surface area (Å²) in [4.78, 5) is 43.8. The van der Waals surface area contributed by atoms with Gasteiger partial charge in [-0.3, -0.25) is 9.59 Å². The molecule has 2 amide bonds. The Morgan fingerprint density at radius 1 is 0.411 bits per heavy atom. The van der Waals surface area contributed by atoms with E-state index >= 15 is 0 Å². The van der Waals surface area contributed by atoms with Gasteiger partial charge in [-0.15, -0.1) is 0 Å². The van der Waals surface area contributed by atoms with Gasteiger partial charge in [0.1, 0.15) is 0 Å². The predicted molar refractivity (Wildman–Crippen MR) is 246 cm³/mol. The van der Waals surface area contributed by atoms with Gasteiger partial charge in [-0.1, -0.05) is 123 Å². The van der Waals surface area contributed by atoms with Gasteiger partial charge in [-0.05, 0) is 128 Å². The maximum Gasteiger partial charge on any atom is 0.255 e. The van der Waals surface area contributed by atoms with Crippen molar-refractivity contribution in [3.05, 3.63) is 55.5 Å². The van der Waals surface area contributed by atoms with Gasteiger partial charge in [0.25, 0.3) is 11.8 Å². The van der Waals surface area contributed by atoms with Crippen LogP contribution in [0.1, 0.15) is 102 Å². The second-order valence-corrected chi connectivity index (χ2v) is 17.6. The van der Waals surface area contributed by atoms with Crippen molar-refractivity contribution in [3.63, 3.8) is 0 Å². The Morgan fingerprint density at radius 3 is 0.875 bits per heavy atom. The minimum atomic E-state index is -0.0798. The van der Waals surface area contributed by atoms with Crippen LogP contribution in [0, 0.1) is 0 Å². The van der Waals surface area contributed by atoms with Gasteiger partial charge in [0.2, 0.25) is 0 Å². The van der Waals surface area contributed by atoms with E-state index in [9.17, 15) is 9.59 Å². The summed E-state index contributed by atoms with van der Waals surface area (Å²) < 4.78 is 0. The van der Waals surface area contributed by atoms with Crippen LogP contribution in [0.4, 0.5) is 0 Å². The molecule has 318 valence electrons. The van der Waals surface area contributed by atoms with Crippen LogP contribution >= 0.6 is 68.0 Å². The zero-order chi connectivity index (χ0) is 41.6. The zero-order valence-electron chi connectivity index (χ0n) is 35.3. The monoisotopic (exact) mass is 892 g/mol. The Balaban J connectivity index is 2.46. The Kier molecular flexibility index (Phi) is 26.1. The molecule has 2 aromatic carbocycles. The number of amides is 2. The number of hydrogen-bond donors (Lipinski definition) is 0. The average Bonchev–Trinajstić information content (AvgIpc) is 3.20. The predicted octanol–water partition coefficient (Wildman–Crippen LogP) is 10.9. The SMILES string of the molecule is CCN(CC)CCCN(CCCN(CC)CC)C(=O)c1cc(Cl)c(Cl)cc1SSc1cc(Cl)c(Cl)cc1C(=O)N(CCCN(CC)CC)CCCN(CC)CC. The molecule has 0 aliphatic rings. The number of rotatable bonds is 29. The lowest BCUT2D eigenvalue weighted by Crippen LogP contribution is -2.37. The molecular weight excluding hydrogens is 826 g/mol. The molecule has 2 rings (SSSR count). The number of hydrogen-bond acceptors (Lipinski definition) is 8. The number of benzene rings is 2. The Hall–Kier alpha value is -0.920. The van der Waals surface area contributed by atoms with Crippen molar-refractivity contribution in [2.24, 2.45) is 0 Å². The van der Waals surface area contributed by atoms with Gasteiger partial charge in [-0.2, -0.15) is 0 Å². The molecule has 0 heterocycles. The van der Waals surface area contributed by atoms with Gasteiger partial charge in [0.05, 0.1) is 31.2 Å². The molecule has 2 aromatic rings. The summed E-state index contributed by atoms with van der Waals surface area (Å²) in [5, 5.41) is 1.37. The van der Waals surface area contributed by atoms with E-state index in [1.165, 1.54) is 21.6 Å². The fraction of sp³-hybridized carbons (Fsp3) is 0.667. The number of carbonyl (C=O) groups excluding carboxylic acids is 2. The second-order valence-electron chi connectivity index (χ2n) is 13.8. The zero-order valence-corrected chi connectivity index (χ0v) is 39.9. The third kappa shape index (κ3) is 17.0. The molecule has 0 radical (unpaired) electrons. The fourth-order valence-electron chi connectivity index (χ4n) is 6.69. The molecule has 0 unspecified atom stereocenters. The molecule has 0 spiro atoms. The van der Waals surface area contributed by atoms with Crippen molar-refractivity contribution in [1.29, 1.82) is 0 Å². The molecule has 0 bridgehead atoms. The Labute approximate surface area is 367 Å². The smallest absolute Gasteiger partial charge is 0.255 e. The van der Waals surface area contributed by atoms with Gasteiger partial charge < -0.3 is 29.4 Å². The quantitative estimate of drug-likeness (QED) is 0.0749. The third-order valence-electron chi connectivity index (χ3n) is 10.5. The van der Waals surface area contributed by atoms with Crippen LogP contribution in [0.3, 0.4) is 0 Å². The lowest BCUT2D eigenvalue weighted by Gasteiger charge is -2.27. The Bertz CT molecular complexity index is 1320. The lowest BCUT2D eigenvalue weighted by atomic mass is 10.1. The highest BCUT2D eigenvalue weighted by molar-refractivity contribution is 8.76. The van der Waals surface area contributed by atoms with E-state index in [0.29, 0.717) is 67.2 Å². The first-order valence-corrected chi connectivity index (χ1v) is 24.4. The van der Waals surface area contributed by atoms with Crippen LogP contribution in [0.25, 0.3) is 0 Å². The summed E-state index contributed by atoms with van der Waals surface area (Å²) in [6.07, 6.45) is 3.47. The van der Waals surface area contributed by atoms with Crippen LogP contribution in [-0.2, 0) is 0 Å². The fourth-order valence-corrected chi connectivity index (χ4v) is 9.82. The minimum absolute atomic E-state index is 0.0798. The average molecular weight is 895 g/mol. The maximum atomic E-state index is 14.5. The maximum absolute atomic E-state index is 14.5. The number of halogens is 4. The summed E-state index contributed by atoms with van der Waals surface area (Å²) in [7, 11) is 2.76. The summed E-state index contributed by atoms with van der Waals surface area (Å²) in [6.45, 7) is 31.3. The van der Waals surface area contributed by atoms with Crippen molar-refractivity contribution in [2.75, 3.05) is 105 Å². The van der Waals surface area contributed by atoms with Gasteiger partial charge in [-0.25, -0.2) is 0 Å². The molecule has 0 aliphatic carbocycles. The molecule has 8 nitrogen and oxygen atoms in total. The minimum Gasteiger partial charge on any atom is -0.339 e. The van der Waals surface area contributed by atoms with E-state index in [4.69, 9.17) is 46.4 Å². The van der Waals surface area contributed by atoms with E-state index in [1.807, 2.05) is 9.80 Å². The molecule has 0 saturated heterocycles. The summed E-state index contributed by atoms with van der Waals surface area (Å²) in [6, 6.07) is 6.88. The molecule has 0 saturated carbocycles. The summed E-state index contributed by atoms with van der Waals surface area (Å²) in [5.41, 5.74) is 0.981. The highest BCUT2D eigenvalue weighted by Gasteiger charge is 2.25. The van der Waals surface area contributed by atoms with Crippen molar-refractivity contribution in [1.82, 2.24) is 29.4 Å². The topological polar surface area (TPSA) is 53.6 Å². The lowest BCUT2D eigenvalue weighted by molar-refractivity contribution is 0.0730. The van der Waals surface area contributed by atoms with Crippen molar-refractivity contribution >= 4 is 79.8 Å². The third-order valence-corrected chi connectivity index (χ3v) is 14.4. The summed E-state index contributed by atoms with van der Waals surface area (Å²) >= 11 is 26.4. The number of nitrogens with zero attached hydrogens (tertiary/aromatic N) is 6. The van der Waals surface area contributed by atoms with E-state index in [0.717, 1.165) is 104 Å². The van der Waals surface area contributed by atoms with Crippen LogP contribution in [-0.4, -0.2) is 146 Å². The van der Waals surface area contributed by atoms with Crippen molar-refractivity contribution in [3.8, 4) is 0 Å². The molecular formula is C42H68Cl4N6O2S2. The van der Waals surface area contributed by atoms with Gasteiger partial charge in [0, 0.05) is 36.0 Å². The first-order valence-electron chi connectivity index (χ1n) is 20.7. The van der Waals surface area contributed by atoms with Gasteiger partial charge >= 0.3 is 0 Å². The normalized spacial score (nSPS) is 11.8. The van der Waals surface area contributed by atoms with Crippen molar-refractivity contribution in [2.45, 2.75) is 90.9 Å². The van der Waals surface area contributed by atoms with Crippen LogP contribution in [0.2, 0.25) is 20.1 Å². The Morgan fingerprint density at radius 2 is 0.643 bits per heavy atom. The van der Waals surface area contributed by atoms with Crippen LogP contribution in [0.5, 0.6) is 0 Å². The van der Waals surface area contributed by atoms with Crippen molar-refractivity contribution < 1.29 is 9.59 Å². The van der Waals surface area contributed by atoms with E-state index in [1.54, 1.807) is 24.3 Å². The van der Waals surface area contributed by atoms with E-state index in [-0.39, 0.29) is 11.8 Å².